The fraction of sp³-hybridized carbons (Fsp3) is 0.250. The molecule has 0 bridgehead atoms. The maximum atomic E-state index is 6.09. The molecule has 0 atom stereocenters. The zero-order valence-corrected chi connectivity index (χ0v) is 11.2. The van der Waals surface area contributed by atoms with Gasteiger partial charge in [-0.2, -0.15) is 0 Å². The topological polar surface area (TPSA) is 34.1 Å². The van der Waals surface area contributed by atoms with Crippen molar-refractivity contribution in [3.05, 3.63) is 34.3 Å². The van der Waals surface area contributed by atoms with E-state index in [0.717, 1.165) is 27.7 Å². The van der Waals surface area contributed by atoms with Gasteiger partial charge in [0, 0.05) is 6.54 Å². The standard InChI is InChI=1S/C12H13ClN2OS/c1-14-7-10-11(13)15-12(17-10)8-5-3-4-6-9(8)16-2/h3-6,14H,7H2,1-2H3. The molecule has 0 amide bonds. The molecule has 1 aromatic heterocycles. The predicted octanol–water partition coefficient (Wildman–Crippen LogP) is 3.19. The average molecular weight is 269 g/mol. The Labute approximate surface area is 109 Å². The summed E-state index contributed by atoms with van der Waals surface area (Å²) in [5.74, 6) is 0.814. The second-order valence-electron chi connectivity index (χ2n) is 3.46. The molecule has 0 spiro atoms. The number of methoxy groups -OCH3 is 1. The zero-order chi connectivity index (χ0) is 12.3. The molecule has 2 rings (SSSR count). The van der Waals surface area contributed by atoms with Gasteiger partial charge in [-0.15, -0.1) is 11.3 Å². The molecule has 0 saturated carbocycles. The summed E-state index contributed by atoms with van der Waals surface area (Å²) in [4.78, 5) is 5.41. The average Bonchev–Trinajstić information content (AvgIpc) is 2.71. The first-order chi connectivity index (χ1) is 8.26. The molecule has 0 unspecified atom stereocenters. The molecule has 0 aliphatic heterocycles. The second kappa shape index (κ2) is 5.49. The molecule has 1 N–H and O–H groups in total. The van der Waals surface area contributed by atoms with Gasteiger partial charge in [-0.1, -0.05) is 23.7 Å². The third kappa shape index (κ3) is 2.60. The molecule has 0 aliphatic carbocycles. The van der Waals surface area contributed by atoms with Crippen molar-refractivity contribution in [2.45, 2.75) is 6.54 Å². The van der Waals surface area contributed by atoms with Crippen LogP contribution in [-0.4, -0.2) is 19.1 Å². The molecular formula is C12H13ClN2OS. The summed E-state index contributed by atoms with van der Waals surface area (Å²) in [6, 6.07) is 7.80. The highest BCUT2D eigenvalue weighted by Crippen LogP contribution is 2.35. The first kappa shape index (κ1) is 12.4. The van der Waals surface area contributed by atoms with Crippen LogP contribution in [0.3, 0.4) is 0 Å². The first-order valence-electron chi connectivity index (χ1n) is 5.19. The minimum absolute atomic E-state index is 0.560. The predicted molar refractivity (Wildman–Crippen MR) is 71.9 cm³/mol. The molecule has 5 heteroatoms. The van der Waals surface area contributed by atoms with Crippen molar-refractivity contribution in [2.75, 3.05) is 14.2 Å². The van der Waals surface area contributed by atoms with Gasteiger partial charge in [0.05, 0.1) is 17.6 Å². The maximum absolute atomic E-state index is 6.09. The van der Waals surface area contributed by atoms with Gasteiger partial charge >= 0.3 is 0 Å². The lowest BCUT2D eigenvalue weighted by Gasteiger charge is -2.04. The third-order valence-corrected chi connectivity index (χ3v) is 3.84. The molecule has 1 heterocycles. The van der Waals surface area contributed by atoms with Crippen molar-refractivity contribution >= 4 is 22.9 Å². The van der Waals surface area contributed by atoms with Crippen molar-refractivity contribution in [1.82, 2.24) is 10.3 Å². The molecule has 3 nitrogen and oxygen atoms in total. The molecule has 0 fully saturated rings. The number of halogens is 1. The van der Waals surface area contributed by atoms with E-state index >= 15 is 0 Å². The number of ether oxygens (including phenoxy) is 1. The Hall–Kier alpha value is -1.10. The normalized spacial score (nSPS) is 10.5. The number of nitrogens with one attached hydrogen (secondary N) is 1. The smallest absolute Gasteiger partial charge is 0.145 e. The summed E-state index contributed by atoms with van der Waals surface area (Å²) in [5.41, 5.74) is 0.976. The van der Waals surface area contributed by atoms with Crippen LogP contribution in [0.2, 0.25) is 5.15 Å². The van der Waals surface area contributed by atoms with Gasteiger partial charge in [0.15, 0.2) is 0 Å². The van der Waals surface area contributed by atoms with Gasteiger partial charge in [0.2, 0.25) is 0 Å². The number of hydrogen-bond donors (Lipinski definition) is 1. The lowest BCUT2D eigenvalue weighted by atomic mass is 10.2. The van der Waals surface area contributed by atoms with Crippen molar-refractivity contribution in [2.24, 2.45) is 0 Å². The van der Waals surface area contributed by atoms with Crippen LogP contribution in [0.4, 0.5) is 0 Å². The number of nitrogens with zero attached hydrogens (tertiary/aromatic N) is 1. The maximum Gasteiger partial charge on any atom is 0.145 e. The minimum atomic E-state index is 0.560. The Kier molecular flexibility index (Phi) is 3.99. The molecule has 0 aliphatic rings. The van der Waals surface area contributed by atoms with Crippen LogP contribution >= 0.6 is 22.9 Å². The molecule has 0 saturated heterocycles. The SMILES string of the molecule is CNCc1sc(-c2ccccc2OC)nc1Cl. The number of para-hydroxylation sites is 1. The van der Waals surface area contributed by atoms with E-state index in [1.807, 2.05) is 31.3 Å². The summed E-state index contributed by atoms with van der Waals surface area (Å²) in [6.07, 6.45) is 0. The van der Waals surface area contributed by atoms with Crippen LogP contribution in [-0.2, 0) is 6.54 Å². The molecule has 17 heavy (non-hydrogen) atoms. The monoisotopic (exact) mass is 268 g/mol. The second-order valence-corrected chi connectivity index (χ2v) is 4.91. The molecule has 90 valence electrons. The first-order valence-corrected chi connectivity index (χ1v) is 6.39. The van der Waals surface area contributed by atoms with Crippen molar-refractivity contribution in [3.63, 3.8) is 0 Å². The van der Waals surface area contributed by atoms with Gasteiger partial charge in [0.1, 0.15) is 15.9 Å². The van der Waals surface area contributed by atoms with Crippen molar-refractivity contribution in [3.8, 4) is 16.3 Å². The Bertz CT molecular complexity index is 513. The summed E-state index contributed by atoms with van der Waals surface area (Å²) in [7, 11) is 3.54. The van der Waals surface area contributed by atoms with Gasteiger partial charge in [-0.3, -0.25) is 0 Å². The lowest BCUT2D eigenvalue weighted by molar-refractivity contribution is 0.416. The van der Waals surface area contributed by atoms with Gasteiger partial charge < -0.3 is 10.1 Å². The number of aromatic nitrogens is 1. The Morgan fingerprint density at radius 1 is 1.41 bits per heavy atom. The zero-order valence-electron chi connectivity index (χ0n) is 9.66. The van der Waals surface area contributed by atoms with Crippen LogP contribution in [0, 0.1) is 0 Å². The Morgan fingerprint density at radius 2 is 2.18 bits per heavy atom. The third-order valence-electron chi connectivity index (χ3n) is 2.32. The van der Waals surface area contributed by atoms with E-state index in [1.165, 1.54) is 0 Å². The highest BCUT2D eigenvalue weighted by atomic mass is 35.5. The highest BCUT2D eigenvalue weighted by Gasteiger charge is 2.13. The summed E-state index contributed by atoms with van der Waals surface area (Å²) >= 11 is 7.67. The van der Waals surface area contributed by atoms with Gasteiger partial charge in [0.25, 0.3) is 0 Å². The van der Waals surface area contributed by atoms with Crippen LogP contribution in [0.1, 0.15) is 4.88 Å². The molecular weight excluding hydrogens is 256 g/mol. The number of rotatable bonds is 4. The number of thiazole rings is 1. The fourth-order valence-corrected chi connectivity index (χ4v) is 2.85. The van der Waals surface area contributed by atoms with Crippen molar-refractivity contribution in [1.29, 1.82) is 0 Å². The quantitative estimate of drug-likeness (QED) is 0.925. The Morgan fingerprint density at radius 3 is 2.88 bits per heavy atom. The van der Waals surface area contributed by atoms with E-state index in [0.29, 0.717) is 5.15 Å². The fourth-order valence-electron chi connectivity index (χ4n) is 1.54. The van der Waals surface area contributed by atoms with Crippen LogP contribution in [0.25, 0.3) is 10.6 Å². The Balaban J connectivity index is 2.42. The van der Waals surface area contributed by atoms with Gasteiger partial charge in [-0.05, 0) is 19.2 Å². The number of hydrogen-bond acceptors (Lipinski definition) is 4. The largest absolute Gasteiger partial charge is 0.496 e. The summed E-state index contributed by atoms with van der Waals surface area (Å²) < 4.78 is 5.32. The molecule has 0 radical (unpaired) electrons. The van der Waals surface area contributed by atoms with Crippen LogP contribution in [0.5, 0.6) is 5.75 Å². The highest BCUT2D eigenvalue weighted by molar-refractivity contribution is 7.15. The van der Waals surface area contributed by atoms with E-state index in [2.05, 4.69) is 10.3 Å². The molecule has 2 aromatic rings. The summed E-state index contributed by atoms with van der Waals surface area (Å²) in [5, 5.41) is 4.52. The van der Waals surface area contributed by atoms with Crippen LogP contribution in [0.15, 0.2) is 24.3 Å². The van der Waals surface area contributed by atoms with E-state index in [1.54, 1.807) is 18.4 Å². The van der Waals surface area contributed by atoms with Crippen molar-refractivity contribution < 1.29 is 4.74 Å². The van der Waals surface area contributed by atoms with E-state index in [-0.39, 0.29) is 0 Å². The van der Waals surface area contributed by atoms with Crippen LogP contribution < -0.4 is 10.1 Å². The number of benzene rings is 1. The minimum Gasteiger partial charge on any atom is -0.496 e. The van der Waals surface area contributed by atoms with E-state index in [9.17, 15) is 0 Å². The van der Waals surface area contributed by atoms with E-state index in [4.69, 9.17) is 16.3 Å². The van der Waals surface area contributed by atoms with E-state index < -0.39 is 0 Å². The lowest BCUT2D eigenvalue weighted by Crippen LogP contribution is -2.03. The van der Waals surface area contributed by atoms with Gasteiger partial charge in [-0.25, -0.2) is 4.98 Å². The molecule has 1 aromatic carbocycles. The summed E-state index contributed by atoms with van der Waals surface area (Å²) in [6.45, 7) is 0.728.